The first kappa shape index (κ1) is 20.2. The number of aromatic nitrogens is 1. The van der Waals surface area contributed by atoms with Gasteiger partial charge in [-0.2, -0.15) is 0 Å². The second-order valence-electron chi connectivity index (χ2n) is 7.98. The summed E-state index contributed by atoms with van der Waals surface area (Å²) in [5.41, 5.74) is 2.56. The molecule has 1 atom stereocenters. The van der Waals surface area contributed by atoms with Crippen LogP contribution in [0, 0.1) is 0 Å². The fourth-order valence-electron chi connectivity index (χ4n) is 3.14. The first-order chi connectivity index (χ1) is 12.9. The lowest BCUT2D eigenvalue weighted by Crippen LogP contribution is -2.36. The van der Waals surface area contributed by atoms with Crippen molar-refractivity contribution in [3.05, 3.63) is 53.7 Å². The van der Waals surface area contributed by atoms with E-state index in [1.807, 2.05) is 18.0 Å². The van der Waals surface area contributed by atoms with Gasteiger partial charge in [-0.1, -0.05) is 45.0 Å². The van der Waals surface area contributed by atoms with E-state index in [1.165, 1.54) is 16.0 Å². The number of rotatable bonds is 6. The Bertz CT molecular complexity index is 721. The van der Waals surface area contributed by atoms with Crippen molar-refractivity contribution in [1.29, 1.82) is 0 Å². The highest BCUT2D eigenvalue weighted by Gasteiger charge is 2.17. The van der Waals surface area contributed by atoms with Gasteiger partial charge < -0.3 is 15.0 Å². The molecule has 1 saturated heterocycles. The van der Waals surface area contributed by atoms with Crippen LogP contribution in [0.5, 0.6) is 0 Å². The van der Waals surface area contributed by atoms with Gasteiger partial charge in [-0.25, -0.2) is 4.98 Å². The maximum absolute atomic E-state index is 5.41. The van der Waals surface area contributed by atoms with Crippen LogP contribution in [0.15, 0.2) is 47.5 Å². The topological polar surface area (TPSA) is 37.4 Å². The largest absolute Gasteiger partial charge is 0.378 e. The predicted octanol–water partition coefficient (Wildman–Crippen LogP) is 4.66. The van der Waals surface area contributed by atoms with Crippen LogP contribution in [0.4, 0.5) is 5.82 Å². The number of ether oxygens (including phenoxy) is 1. The Morgan fingerprint density at radius 2 is 1.89 bits per heavy atom. The number of thioether (sulfide) groups is 1. The van der Waals surface area contributed by atoms with Gasteiger partial charge in [0.05, 0.1) is 13.2 Å². The van der Waals surface area contributed by atoms with Crippen LogP contribution in [0.3, 0.4) is 0 Å². The molecule has 0 unspecified atom stereocenters. The Kier molecular flexibility index (Phi) is 6.79. The van der Waals surface area contributed by atoms with Crippen LogP contribution in [0.25, 0.3) is 0 Å². The molecule has 1 aromatic heterocycles. The van der Waals surface area contributed by atoms with Crippen LogP contribution >= 0.6 is 11.8 Å². The Morgan fingerprint density at radius 1 is 1.15 bits per heavy atom. The summed E-state index contributed by atoms with van der Waals surface area (Å²) in [6, 6.07) is 13.3. The molecule has 146 valence electrons. The van der Waals surface area contributed by atoms with Crippen LogP contribution in [-0.2, 0) is 11.3 Å². The molecule has 1 fully saturated rings. The first-order valence-corrected chi connectivity index (χ1v) is 10.5. The molecular weight excluding hydrogens is 354 g/mol. The minimum atomic E-state index is 0.203. The van der Waals surface area contributed by atoms with E-state index in [4.69, 9.17) is 4.74 Å². The van der Waals surface area contributed by atoms with Crippen molar-refractivity contribution < 1.29 is 4.74 Å². The summed E-state index contributed by atoms with van der Waals surface area (Å²) in [6.45, 7) is 13.2. The zero-order chi connectivity index (χ0) is 19.3. The van der Waals surface area contributed by atoms with Crippen molar-refractivity contribution in [2.75, 3.05) is 31.2 Å². The van der Waals surface area contributed by atoms with Crippen molar-refractivity contribution in [3.8, 4) is 0 Å². The highest BCUT2D eigenvalue weighted by molar-refractivity contribution is 8.00. The summed E-state index contributed by atoms with van der Waals surface area (Å²) >= 11 is 1.93. The molecule has 0 aliphatic carbocycles. The van der Waals surface area contributed by atoms with E-state index in [0.29, 0.717) is 0 Å². The van der Waals surface area contributed by atoms with Crippen LogP contribution in [0.2, 0.25) is 0 Å². The van der Waals surface area contributed by atoms with E-state index in [1.54, 1.807) is 0 Å². The minimum Gasteiger partial charge on any atom is -0.378 e. The second kappa shape index (κ2) is 9.09. The lowest BCUT2D eigenvalue weighted by atomic mass is 10.1. The Morgan fingerprint density at radius 3 is 2.56 bits per heavy atom. The van der Waals surface area contributed by atoms with Gasteiger partial charge in [0, 0.05) is 41.5 Å². The molecule has 0 saturated carbocycles. The summed E-state index contributed by atoms with van der Waals surface area (Å²) < 4.78 is 5.61. The summed E-state index contributed by atoms with van der Waals surface area (Å²) in [5, 5.41) is 3.65. The van der Waals surface area contributed by atoms with Gasteiger partial charge in [0.2, 0.25) is 0 Å². The molecule has 3 rings (SSSR count). The highest BCUT2D eigenvalue weighted by atomic mass is 32.2. The Balaban J connectivity index is 1.60. The van der Waals surface area contributed by atoms with E-state index in [9.17, 15) is 0 Å². The normalized spacial score (nSPS) is 16.4. The van der Waals surface area contributed by atoms with E-state index in [0.717, 1.165) is 38.7 Å². The minimum absolute atomic E-state index is 0.203. The quantitative estimate of drug-likeness (QED) is 0.732. The number of hydrogen-bond acceptors (Lipinski definition) is 5. The number of nitrogens with zero attached hydrogens (tertiary/aromatic N) is 2. The molecule has 5 heteroatoms. The lowest BCUT2D eigenvalue weighted by Gasteiger charge is -2.27. The maximum Gasteiger partial charge on any atom is 0.128 e. The maximum atomic E-state index is 5.41. The number of pyridine rings is 1. The van der Waals surface area contributed by atoms with Gasteiger partial charge in [-0.3, -0.25) is 0 Å². The van der Waals surface area contributed by atoms with E-state index < -0.39 is 0 Å². The fraction of sp³-hybridized carbons (Fsp3) is 0.500. The third-order valence-electron chi connectivity index (χ3n) is 4.56. The zero-order valence-electron chi connectivity index (χ0n) is 16.9. The van der Waals surface area contributed by atoms with Crippen LogP contribution in [0.1, 0.15) is 44.9 Å². The molecule has 2 heterocycles. The van der Waals surface area contributed by atoms with Crippen molar-refractivity contribution >= 4 is 17.6 Å². The fourth-order valence-corrected chi connectivity index (χ4v) is 4.31. The smallest absolute Gasteiger partial charge is 0.128 e. The average Bonchev–Trinajstić information content (AvgIpc) is 2.66. The molecule has 27 heavy (non-hydrogen) atoms. The van der Waals surface area contributed by atoms with Gasteiger partial charge in [-0.05, 0) is 30.2 Å². The van der Waals surface area contributed by atoms with Crippen molar-refractivity contribution in [2.24, 2.45) is 0 Å². The molecule has 1 aromatic carbocycles. The summed E-state index contributed by atoms with van der Waals surface area (Å²) in [4.78, 5) is 8.28. The number of hydrogen-bond donors (Lipinski definition) is 1. The van der Waals surface area contributed by atoms with Crippen molar-refractivity contribution in [1.82, 2.24) is 10.3 Å². The summed E-state index contributed by atoms with van der Waals surface area (Å²) in [6.07, 6.45) is 1.99. The van der Waals surface area contributed by atoms with Gasteiger partial charge in [0.25, 0.3) is 0 Å². The third kappa shape index (κ3) is 5.96. The van der Waals surface area contributed by atoms with E-state index in [2.05, 4.69) is 79.3 Å². The predicted molar refractivity (Wildman–Crippen MR) is 115 cm³/mol. The van der Waals surface area contributed by atoms with Crippen LogP contribution < -0.4 is 10.2 Å². The SMILES string of the molecule is C[C@@H](NCc1ccc(N2CCOCC2)nc1)c1ccccc1SC(C)(C)C. The molecule has 0 spiro atoms. The molecule has 4 nitrogen and oxygen atoms in total. The molecule has 1 aliphatic rings. The van der Waals surface area contributed by atoms with Gasteiger partial charge >= 0.3 is 0 Å². The molecule has 1 aliphatic heterocycles. The molecule has 0 radical (unpaired) electrons. The first-order valence-electron chi connectivity index (χ1n) is 9.71. The summed E-state index contributed by atoms with van der Waals surface area (Å²) in [5.74, 6) is 1.04. The van der Waals surface area contributed by atoms with Crippen molar-refractivity contribution in [3.63, 3.8) is 0 Å². The van der Waals surface area contributed by atoms with E-state index >= 15 is 0 Å². The third-order valence-corrected chi connectivity index (χ3v) is 5.76. The Labute approximate surface area is 167 Å². The second-order valence-corrected chi connectivity index (χ2v) is 9.85. The highest BCUT2D eigenvalue weighted by Crippen LogP contribution is 2.36. The van der Waals surface area contributed by atoms with Crippen molar-refractivity contribution in [2.45, 2.75) is 49.9 Å². The van der Waals surface area contributed by atoms with Crippen LogP contribution in [-0.4, -0.2) is 36.0 Å². The number of morpholine rings is 1. The molecular formula is C22H31N3OS. The van der Waals surface area contributed by atoms with Gasteiger partial charge in [-0.15, -0.1) is 11.8 Å². The number of anilines is 1. The van der Waals surface area contributed by atoms with E-state index in [-0.39, 0.29) is 10.8 Å². The van der Waals surface area contributed by atoms with Gasteiger partial charge in [0.1, 0.15) is 5.82 Å². The number of benzene rings is 1. The standard InChI is InChI=1S/C22H31N3OS/c1-17(19-7-5-6-8-20(19)27-22(2,3)4)23-15-18-9-10-21(24-16-18)25-11-13-26-14-12-25/h5-10,16-17,23H,11-15H2,1-4H3/t17-/m1/s1. The summed E-state index contributed by atoms with van der Waals surface area (Å²) in [7, 11) is 0. The molecule has 0 bridgehead atoms. The Hall–Kier alpha value is -1.56. The molecule has 1 N–H and O–H groups in total. The molecule has 0 amide bonds. The zero-order valence-corrected chi connectivity index (χ0v) is 17.7. The number of nitrogens with one attached hydrogen (secondary N) is 1. The van der Waals surface area contributed by atoms with Gasteiger partial charge in [0.15, 0.2) is 0 Å². The monoisotopic (exact) mass is 385 g/mol. The molecule has 2 aromatic rings. The average molecular weight is 386 g/mol. The lowest BCUT2D eigenvalue weighted by molar-refractivity contribution is 0.122.